The summed E-state index contributed by atoms with van der Waals surface area (Å²) >= 11 is 0. The molecule has 1 aromatic rings. The van der Waals surface area contributed by atoms with Crippen LogP contribution in [-0.4, -0.2) is 11.7 Å². The summed E-state index contributed by atoms with van der Waals surface area (Å²) in [6, 6.07) is 8.26. The third-order valence-corrected chi connectivity index (χ3v) is 4.90. The van der Waals surface area contributed by atoms with Gasteiger partial charge in [-0.25, -0.2) is 4.99 Å². The standard InChI is InChI=1S/C20H21N3O/c1-15(24)22-20(16-9-3-2-4-10-16)17-11-5-6-12-18(17)23-14-8-7-13-21-19(20)23/h5-9,11-14H,2-4,10H2,1H3,(H,22,24). The van der Waals surface area contributed by atoms with E-state index in [0.29, 0.717) is 0 Å². The van der Waals surface area contributed by atoms with Crippen molar-refractivity contribution in [3.05, 3.63) is 66.0 Å². The number of anilines is 1. The largest absolute Gasteiger partial charge is 0.336 e. The molecule has 122 valence electrons. The number of amidine groups is 1. The molecule has 2 heterocycles. The Balaban J connectivity index is 2.01. The summed E-state index contributed by atoms with van der Waals surface area (Å²) in [4.78, 5) is 19.0. The number of carbonyl (C=O) groups excluding carboxylic acids is 1. The average molecular weight is 319 g/mol. The molecule has 24 heavy (non-hydrogen) atoms. The molecule has 0 aromatic heterocycles. The number of amides is 1. The normalized spacial score (nSPS) is 24.6. The van der Waals surface area contributed by atoms with Crippen LogP contribution in [0.25, 0.3) is 0 Å². The topological polar surface area (TPSA) is 44.7 Å². The quantitative estimate of drug-likeness (QED) is 0.843. The summed E-state index contributed by atoms with van der Waals surface area (Å²) in [5.41, 5.74) is 2.77. The van der Waals surface area contributed by atoms with E-state index in [4.69, 9.17) is 4.99 Å². The van der Waals surface area contributed by atoms with Crippen molar-refractivity contribution >= 4 is 17.4 Å². The number of nitrogens with one attached hydrogen (secondary N) is 1. The number of hydrogen-bond acceptors (Lipinski definition) is 3. The smallest absolute Gasteiger partial charge is 0.218 e. The molecule has 0 saturated heterocycles. The van der Waals surface area contributed by atoms with Gasteiger partial charge in [0, 0.05) is 24.9 Å². The van der Waals surface area contributed by atoms with Gasteiger partial charge in [-0.2, -0.15) is 0 Å². The first-order valence-corrected chi connectivity index (χ1v) is 8.52. The first kappa shape index (κ1) is 14.9. The first-order chi connectivity index (χ1) is 11.7. The van der Waals surface area contributed by atoms with E-state index >= 15 is 0 Å². The van der Waals surface area contributed by atoms with E-state index in [1.54, 1.807) is 13.1 Å². The zero-order valence-electron chi connectivity index (χ0n) is 13.8. The molecular formula is C20H21N3O. The highest BCUT2D eigenvalue weighted by molar-refractivity contribution is 6.16. The lowest BCUT2D eigenvalue weighted by atomic mass is 9.78. The lowest BCUT2D eigenvalue weighted by Gasteiger charge is -2.36. The van der Waals surface area contributed by atoms with Gasteiger partial charge in [-0.1, -0.05) is 24.3 Å². The van der Waals surface area contributed by atoms with Crippen LogP contribution in [0.15, 0.2) is 65.5 Å². The third kappa shape index (κ3) is 2.13. The SMILES string of the molecule is CC(=O)NC1(C2=CCCCC2)C2=NC=CC=CN2c2ccccc21. The van der Waals surface area contributed by atoms with E-state index in [1.807, 2.05) is 30.5 Å². The Labute approximate surface area is 142 Å². The summed E-state index contributed by atoms with van der Waals surface area (Å²) in [7, 11) is 0. The molecule has 1 amide bonds. The van der Waals surface area contributed by atoms with Crippen LogP contribution < -0.4 is 10.2 Å². The van der Waals surface area contributed by atoms with Gasteiger partial charge in [-0.3, -0.25) is 4.79 Å². The van der Waals surface area contributed by atoms with Gasteiger partial charge in [0.05, 0.1) is 5.69 Å². The fourth-order valence-electron chi connectivity index (χ4n) is 3.99. The molecule has 0 radical (unpaired) electrons. The molecule has 4 rings (SSSR count). The highest BCUT2D eigenvalue weighted by Crippen LogP contribution is 2.48. The number of carbonyl (C=O) groups is 1. The van der Waals surface area contributed by atoms with Crippen molar-refractivity contribution in [1.29, 1.82) is 0 Å². The Morgan fingerprint density at radius 1 is 1.25 bits per heavy atom. The molecule has 1 atom stereocenters. The Kier molecular flexibility index (Phi) is 3.60. The minimum absolute atomic E-state index is 0.0435. The lowest BCUT2D eigenvalue weighted by molar-refractivity contribution is -0.120. The molecule has 0 fully saturated rings. The van der Waals surface area contributed by atoms with Crippen LogP contribution >= 0.6 is 0 Å². The van der Waals surface area contributed by atoms with Crippen LogP contribution in [0.5, 0.6) is 0 Å². The first-order valence-electron chi connectivity index (χ1n) is 8.52. The van der Waals surface area contributed by atoms with Gasteiger partial charge in [0.2, 0.25) is 5.91 Å². The number of rotatable bonds is 2. The molecule has 0 bridgehead atoms. The van der Waals surface area contributed by atoms with Gasteiger partial charge in [-0.15, -0.1) is 0 Å². The van der Waals surface area contributed by atoms with Crippen LogP contribution in [-0.2, 0) is 10.3 Å². The molecule has 3 aliphatic rings. The fourth-order valence-corrected chi connectivity index (χ4v) is 3.99. The molecule has 4 nitrogen and oxygen atoms in total. The van der Waals surface area contributed by atoms with Crippen LogP contribution in [0.3, 0.4) is 0 Å². The van der Waals surface area contributed by atoms with E-state index in [2.05, 4.69) is 28.4 Å². The molecule has 1 aliphatic carbocycles. The van der Waals surface area contributed by atoms with Crippen molar-refractivity contribution in [2.75, 3.05) is 4.90 Å². The van der Waals surface area contributed by atoms with Crippen molar-refractivity contribution in [3.8, 4) is 0 Å². The van der Waals surface area contributed by atoms with Crippen LogP contribution in [0, 0.1) is 0 Å². The highest BCUT2D eigenvalue weighted by atomic mass is 16.1. The fraction of sp³-hybridized carbons (Fsp3) is 0.300. The van der Waals surface area contributed by atoms with Gasteiger partial charge in [0.25, 0.3) is 0 Å². The van der Waals surface area contributed by atoms with E-state index in [1.165, 1.54) is 12.0 Å². The predicted molar refractivity (Wildman–Crippen MR) is 96.7 cm³/mol. The minimum Gasteiger partial charge on any atom is -0.336 e. The van der Waals surface area contributed by atoms with E-state index in [-0.39, 0.29) is 5.91 Å². The second-order valence-electron chi connectivity index (χ2n) is 6.43. The van der Waals surface area contributed by atoms with Gasteiger partial charge in [0.1, 0.15) is 11.4 Å². The molecule has 4 heteroatoms. The Bertz CT molecular complexity index is 803. The van der Waals surface area contributed by atoms with Gasteiger partial charge in [-0.05, 0) is 49.5 Å². The maximum atomic E-state index is 12.2. The molecule has 2 aliphatic heterocycles. The lowest BCUT2D eigenvalue weighted by Crippen LogP contribution is -2.53. The van der Waals surface area contributed by atoms with Gasteiger partial charge >= 0.3 is 0 Å². The van der Waals surface area contributed by atoms with E-state index < -0.39 is 5.54 Å². The number of para-hydroxylation sites is 1. The third-order valence-electron chi connectivity index (χ3n) is 4.90. The average Bonchev–Trinajstić information content (AvgIpc) is 2.76. The molecule has 1 aromatic carbocycles. The van der Waals surface area contributed by atoms with Crippen molar-refractivity contribution < 1.29 is 4.79 Å². The Hall–Kier alpha value is -2.62. The summed E-state index contributed by atoms with van der Waals surface area (Å²) in [5.74, 6) is 0.815. The molecular weight excluding hydrogens is 298 g/mol. The number of hydrogen-bond donors (Lipinski definition) is 1. The highest BCUT2D eigenvalue weighted by Gasteiger charge is 2.51. The summed E-state index contributed by atoms with van der Waals surface area (Å²) in [6.45, 7) is 1.58. The molecule has 0 saturated carbocycles. The van der Waals surface area contributed by atoms with Crippen LogP contribution in [0.4, 0.5) is 5.69 Å². The van der Waals surface area contributed by atoms with Gasteiger partial charge in [0.15, 0.2) is 0 Å². The Morgan fingerprint density at radius 2 is 2.12 bits per heavy atom. The minimum atomic E-state index is -0.665. The van der Waals surface area contributed by atoms with Crippen molar-refractivity contribution in [3.63, 3.8) is 0 Å². The maximum Gasteiger partial charge on any atom is 0.218 e. The molecule has 1 N–H and O–H groups in total. The Morgan fingerprint density at radius 3 is 2.92 bits per heavy atom. The molecule has 1 unspecified atom stereocenters. The van der Waals surface area contributed by atoms with Crippen molar-refractivity contribution in [2.24, 2.45) is 4.99 Å². The van der Waals surface area contributed by atoms with Gasteiger partial charge < -0.3 is 10.2 Å². The monoisotopic (exact) mass is 319 g/mol. The van der Waals surface area contributed by atoms with Crippen molar-refractivity contribution in [1.82, 2.24) is 5.32 Å². The summed E-state index contributed by atoms with van der Waals surface area (Å²) in [5, 5.41) is 3.26. The number of allylic oxidation sites excluding steroid dienone is 3. The van der Waals surface area contributed by atoms with Crippen molar-refractivity contribution in [2.45, 2.75) is 38.1 Å². The number of nitrogens with zero attached hydrogens (tertiary/aromatic N) is 2. The van der Waals surface area contributed by atoms with E-state index in [0.717, 1.165) is 36.3 Å². The summed E-state index contributed by atoms with van der Waals surface area (Å²) < 4.78 is 0. The second-order valence-corrected chi connectivity index (χ2v) is 6.43. The van der Waals surface area contributed by atoms with Crippen LogP contribution in [0.2, 0.25) is 0 Å². The number of aliphatic imine (C=N–C) groups is 1. The number of benzene rings is 1. The molecule has 0 spiro atoms. The zero-order valence-corrected chi connectivity index (χ0v) is 13.8. The second kappa shape index (κ2) is 5.78. The van der Waals surface area contributed by atoms with E-state index in [9.17, 15) is 4.79 Å². The summed E-state index contributed by atoms with van der Waals surface area (Å²) in [6.07, 6.45) is 14.4. The predicted octanol–water partition coefficient (Wildman–Crippen LogP) is 3.78. The van der Waals surface area contributed by atoms with Crippen LogP contribution in [0.1, 0.15) is 38.2 Å². The number of fused-ring (bicyclic) bond motifs is 3. The zero-order chi connectivity index (χ0) is 16.6. The maximum absolute atomic E-state index is 12.2.